The number of ether oxygens (including phenoxy) is 1. The van der Waals surface area contributed by atoms with Gasteiger partial charge in [-0.2, -0.15) is 5.10 Å². The van der Waals surface area contributed by atoms with Gasteiger partial charge in [0.05, 0.1) is 5.02 Å². The van der Waals surface area contributed by atoms with Crippen LogP contribution in [0.2, 0.25) is 10.0 Å². The minimum absolute atomic E-state index is 0.272. The van der Waals surface area contributed by atoms with Crippen molar-refractivity contribution in [2.45, 2.75) is 26.5 Å². The highest BCUT2D eigenvalue weighted by Crippen LogP contribution is 2.30. The summed E-state index contributed by atoms with van der Waals surface area (Å²) in [6.07, 6.45) is -0.272. The highest BCUT2D eigenvalue weighted by Gasteiger charge is 2.16. The number of halogens is 2. The first-order chi connectivity index (χ1) is 9.02. The van der Waals surface area contributed by atoms with Gasteiger partial charge in [0.1, 0.15) is 5.75 Å². The normalized spacial score (nSPS) is 12.4. The minimum atomic E-state index is -0.272. The van der Waals surface area contributed by atoms with E-state index in [0.29, 0.717) is 20.6 Å². The SMILES string of the molecule is CCn1c([C@@H](C)Oc2ccc(Cl)cc2Cl)n[nH]c1=S. The van der Waals surface area contributed by atoms with Gasteiger partial charge in [-0.1, -0.05) is 23.2 Å². The second kappa shape index (κ2) is 5.94. The van der Waals surface area contributed by atoms with Crippen LogP contribution in [0.25, 0.3) is 0 Å². The quantitative estimate of drug-likeness (QED) is 0.849. The van der Waals surface area contributed by atoms with Gasteiger partial charge in [-0.25, -0.2) is 0 Å². The van der Waals surface area contributed by atoms with Crippen molar-refractivity contribution < 1.29 is 4.74 Å². The highest BCUT2D eigenvalue weighted by molar-refractivity contribution is 7.71. The van der Waals surface area contributed by atoms with Gasteiger partial charge >= 0.3 is 0 Å². The van der Waals surface area contributed by atoms with E-state index in [1.165, 1.54) is 0 Å². The summed E-state index contributed by atoms with van der Waals surface area (Å²) in [6.45, 7) is 4.62. The van der Waals surface area contributed by atoms with Crippen LogP contribution in [0.4, 0.5) is 0 Å². The lowest BCUT2D eigenvalue weighted by Gasteiger charge is -2.15. The molecular weight excluding hydrogens is 305 g/mol. The van der Waals surface area contributed by atoms with E-state index < -0.39 is 0 Å². The zero-order valence-electron chi connectivity index (χ0n) is 10.5. The molecule has 7 heteroatoms. The van der Waals surface area contributed by atoms with Crippen molar-refractivity contribution in [1.29, 1.82) is 0 Å². The van der Waals surface area contributed by atoms with E-state index in [0.717, 1.165) is 12.4 Å². The Morgan fingerprint density at radius 1 is 1.47 bits per heavy atom. The summed E-state index contributed by atoms with van der Waals surface area (Å²) in [4.78, 5) is 0. The van der Waals surface area contributed by atoms with Crippen LogP contribution in [0.15, 0.2) is 18.2 Å². The van der Waals surface area contributed by atoms with E-state index in [-0.39, 0.29) is 6.10 Å². The van der Waals surface area contributed by atoms with E-state index in [4.69, 9.17) is 40.2 Å². The number of hydrogen-bond acceptors (Lipinski definition) is 3. The molecule has 0 bridgehead atoms. The van der Waals surface area contributed by atoms with Crippen molar-refractivity contribution in [2.24, 2.45) is 0 Å². The molecule has 0 fully saturated rings. The van der Waals surface area contributed by atoms with Crippen molar-refractivity contribution in [3.05, 3.63) is 38.8 Å². The lowest BCUT2D eigenvalue weighted by Crippen LogP contribution is -2.11. The third-order valence-corrected chi connectivity index (χ3v) is 3.51. The maximum absolute atomic E-state index is 6.07. The van der Waals surface area contributed by atoms with E-state index in [2.05, 4.69) is 10.2 Å². The lowest BCUT2D eigenvalue weighted by atomic mass is 10.3. The number of aromatic nitrogens is 3. The molecule has 1 N–H and O–H groups in total. The summed E-state index contributed by atoms with van der Waals surface area (Å²) >= 11 is 17.1. The van der Waals surface area contributed by atoms with Crippen LogP contribution in [-0.2, 0) is 6.54 Å². The molecule has 0 radical (unpaired) electrons. The third-order valence-electron chi connectivity index (χ3n) is 2.67. The molecule has 102 valence electrons. The minimum Gasteiger partial charge on any atom is -0.481 e. The molecule has 4 nitrogen and oxygen atoms in total. The van der Waals surface area contributed by atoms with E-state index in [1.54, 1.807) is 18.2 Å². The molecule has 1 atom stereocenters. The Hall–Kier alpha value is -1.04. The van der Waals surface area contributed by atoms with Gasteiger partial charge in [0.2, 0.25) is 0 Å². The molecule has 2 rings (SSSR count). The van der Waals surface area contributed by atoms with E-state index in [1.807, 2.05) is 18.4 Å². The van der Waals surface area contributed by atoms with Gasteiger partial charge in [0.25, 0.3) is 0 Å². The van der Waals surface area contributed by atoms with Gasteiger partial charge < -0.3 is 9.30 Å². The molecule has 2 aromatic rings. The first-order valence-corrected chi connectivity index (χ1v) is 6.96. The maximum atomic E-state index is 6.07. The van der Waals surface area contributed by atoms with Gasteiger partial charge in [-0.05, 0) is 44.3 Å². The molecule has 1 heterocycles. The summed E-state index contributed by atoms with van der Waals surface area (Å²) < 4.78 is 8.26. The number of benzene rings is 1. The smallest absolute Gasteiger partial charge is 0.195 e. The molecule has 19 heavy (non-hydrogen) atoms. The fourth-order valence-corrected chi connectivity index (χ4v) is 2.48. The molecule has 0 saturated heterocycles. The number of hydrogen-bond donors (Lipinski definition) is 1. The molecule has 1 aromatic heterocycles. The average Bonchev–Trinajstić information content (AvgIpc) is 2.74. The first-order valence-electron chi connectivity index (χ1n) is 5.79. The highest BCUT2D eigenvalue weighted by atomic mass is 35.5. The first kappa shape index (κ1) is 14.4. The van der Waals surface area contributed by atoms with Crippen LogP contribution in [0.5, 0.6) is 5.75 Å². The van der Waals surface area contributed by atoms with E-state index in [9.17, 15) is 0 Å². The van der Waals surface area contributed by atoms with Crippen LogP contribution >= 0.6 is 35.4 Å². The third kappa shape index (κ3) is 3.11. The Morgan fingerprint density at radius 3 is 2.84 bits per heavy atom. The topological polar surface area (TPSA) is 42.8 Å². The van der Waals surface area contributed by atoms with Gasteiger partial charge in [-0.15, -0.1) is 0 Å². The second-order valence-electron chi connectivity index (χ2n) is 3.97. The largest absolute Gasteiger partial charge is 0.481 e. The molecule has 1 aromatic carbocycles. The zero-order valence-corrected chi connectivity index (χ0v) is 12.8. The number of nitrogens with zero attached hydrogens (tertiary/aromatic N) is 2. The molecule has 0 unspecified atom stereocenters. The Morgan fingerprint density at radius 2 is 2.21 bits per heavy atom. The Kier molecular flexibility index (Phi) is 4.50. The summed E-state index contributed by atoms with van der Waals surface area (Å²) in [6, 6.07) is 5.10. The van der Waals surface area contributed by atoms with Crippen LogP contribution < -0.4 is 4.74 Å². The fraction of sp³-hybridized carbons (Fsp3) is 0.333. The van der Waals surface area contributed by atoms with Gasteiger partial charge in [0.15, 0.2) is 16.7 Å². The van der Waals surface area contributed by atoms with Gasteiger partial charge in [0, 0.05) is 11.6 Å². The Bertz CT molecular complexity index is 638. The maximum Gasteiger partial charge on any atom is 0.195 e. The van der Waals surface area contributed by atoms with E-state index >= 15 is 0 Å². The van der Waals surface area contributed by atoms with Gasteiger partial charge in [-0.3, -0.25) is 5.10 Å². The van der Waals surface area contributed by atoms with Crippen LogP contribution in [0.3, 0.4) is 0 Å². The zero-order chi connectivity index (χ0) is 14.0. The number of rotatable bonds is 4. The van der Waals surface area contributed by atoms with Crippen molar-refractivity contribution in [1.82, 2.24) is 14.8 Å². The van der Waals surface area contributed by atoms with Crippen molar-refractivity contribution in [3.63, 3.8) is 0 Å². The summed E-state index contributed by atoms with van der Waals surface area (Å²) in [5.74, 6) is 1.30. The Balaban J connectivity index is 2.25. The number of aromatic amines is 1. The monoisotopic (exact) mass is 317 g/mol. The Labute approximate surface area is 126 Å². The summed E-state index contributed by atoms with van der Waals surface area (Å²) in [5, 5.41) is 7.98. The van der Waals surface area contributed by atoms with Crippen LogP contribution in [-0.4, -0.2) is 14.8 Å². The average molecular weight is 318 g/mol. The fourth-order valence-electron chi connectivity index (χ4n) is 1.76. The molecule has 0 spiro atoms. The predicted molar refractivity (Wildman–Crippen MR) is 78.6 cm³/mol. The molecule has 0 aliphatic rings. The molecular formula is C12H13Cl2N3OS. The van der Waals surface area contributed by atoms with Crippen molar-refractivity contribution in [2.75, 3.05) is 0 Å². The van der Waals surface area contributed by atoms with Crippen molar-refractivity contribution >= 4 is 35.4 Å². The second-order valence-corrected chi connectivity index (χ2v) is 5.20. The summed E-state index contributed by atoms with van der Waals surface area (Å²) in [5.41, 5.74) is 0. The summed E-state index contributed by atoms with van der Waals surface area (Å²) in [7, 11) is 0. The van der Waals surface area contributed by atoms with Crippen molar-refractivity contribution in [3.8, 4) is 5.75 Å². The predicted octanol–water partition coefficient (Wildman–Crippen LogP) is 4.41. The number of nitrogens with one attached hydrogen (secondary N) is 1. The van der Waals surface area contributed by atoms with Crippen LogP contribution in [0.1, 0.15) is 25.8 Å². The molecule has 0 aliphatic carbocycles. The van der Waals surface area contributed by atoms with Crippen LogP contribution in [0, 0.1) is 4.77 Å². The molecule has 0 aliphatic heterocycles. The lowest BCUT2D eigenvalue weighted by molar-refractivity contribution is 0.211. The molecule has 0 amide bonds. The standard InChI is InChI=1S/C12H13Cl2N3OS/c1-3-17-11(15-16-12(17)19)7(2)18-10-5-4-8(13)6-9(10)14/h4-7H,3H2,1-2H3,(H,16,19)/t7-/m1/s1. The molecule has 0 saturated carbocycles. The number of H-pyrrole nitrogens is 1.